The zero-order valence-electron chi connectivity index (χ0n) is 9.10. The van der Waals surface area contributed by atoms with Gasteiger partial charge in [0.05, 0.1) is 11.8 Å². The van der Waals surface area contributed by atoms with Crippen LogP contribution in [-0.4, -0.2) is 40.9 Å². The van der Waals surface area contributed by atoms with Gasteiger partial charge in [0.15, 0.2) is 5.25 Å². The van der Waals surface area contributed by atoms with Crippen molar-refractivity contribution in [2.75, 3.05) is 18.8 Å². The topological polar surface area (TPSA) is 116 Å². The van der Waals surface area contributed by atoms with Crippen LogP contribution in [0, 0.1) is 11.3 Å². The summed E-state index contributed by atoms with van der Waals surface area (Å²) < 4.78 is 49.1. The minimum Gasteiger partial charge on any atom is -0.215 e. The molecule has 0 aliphatic carbocycles. The van der Waals surface area contributed by atoms with Crippen molar-refractivity contribution in [2.24, 2.45) is 0 Å². The Bertz CT molecular complexity index is 449. The molecule has 1 unspecified atom stereocenters. The van der Waals surface area contributed by atoms with Gasteiger partial charge in [-0.1, -0.05) is 6.92 Å². The van der Waals surface area contributed by atoms with Crippen molar-refractivity contribution in [3.8, 4) is 6.07 Å². The second-order valence-electron chi connectivity index (χ2n) is 3.03. The van der Waals surface area contributed by atoms with E-state index in [0.717, 1.165) is 0 Å². The first kappa shape index (κ1) is 15.3. The Labute approximate surface area is 95.9 Å². The summed E-state index contributed by atoms with van der Waals surface area (Å²) in [7, 11) is -7.20. The van der Waals surface area contributed by atoms with E-state index in [4.69, 9.17) is 5.26 Å². The molecule has 9 heteroatoms. The van der Waals surface area contributed by atoms with Crippen LogP contribution in [-0.2, 0) is 20.0 Å². The van der Waals surface area contributed by atoms with Gasteiger partial charge in [0.1, 0.15) is 0 Å². The monoisotopic (exact) mass is 269 g/mol. The zero-order valence-corrected chi connectivity index (χ0v) is 10.7. The van der Waals surface area contributed by atoms with Gasteiger partial charge < -0.3 is 0 Å². The van der Waals surface area contributed by atoms with Gasteiger partial charge in [-0.15, -0.1) is 0 Å². The fourth-order valence-corrected chi connectivity index (χ4v) is 2.66. The van der Waals surface area contributed by atoms with Crippen LogP contribution in [0.3, 0.4) is 0 Å². The largest absolute Gasteiger partial charge is 0.227 e. The van der Waals surface area contributed by atoms with E-state index < -0.39 is 25.3 Å². The lowest BCUT2D eigenvalue weighted by molar-refractivity contribution is 0.574. The summed E-state index contributed by atoms with van der Waals surface area (Å²) in [5, 5.41) is 7.21. The van der Waals surface area contributed by atoms with Crippen LogP contribution in [0.25, 0.3) is 0 Å². The van der Waals surface area contributed by atoms with Crippen molar-refractivity contribution < 1.29 is 16.8 Å². The number of hydrogen-bond acceptors (Lipinski definition) is 5. The van der Waals surface area contributed by atoms with Gasteiger partial charge in [-0.25, -0.2) is 26.3 Å². The molecule has 0 aromatic rings. The molecule has 0 aliphatic rings. The highest BCUT2D eigenvalue weighted by atomic mass is 32.2. The van der Waals surface area contributed by atoms with E-state index in [1.54, 1.807) is 13.0 Å². The summed E-state index contributed by atoms with van der Waals surface area (Å²) >= 11 is 0. The second-order valence-corrected chi connectivity index (χ2v) is 7.04. The maximum Gasteiger partial charge on any atom is 0.227 e. The van der Waals surface area contributed by atoms with Crippen molar-refractivity contribution in [2.45, 2.75) is 19.1 Å². The molecule has 1 atom stereocenters. The van der Waals surface area contributed by atoms with Crippen molar-refractivity contribution in [3.63, 3.8) is 0 Å². The minimum absolute atomic E-state index is 0.246. The van der Waals surface area contributed by atoms with Gasteiger partial charge in [-0.3, -0.25) is 0 Å². The fraction of sp³-hybridized carbons (Fsp3) is 0.857. The molecule has 0 saturated heterocycles. The van der Waals surface area contributed by atoms with Crippen LogP contribution in [0.5, 0.6) is 0 Å². The van der Waals surface area contributed by atoms with Crippen molar-refractivity contribution >= 4 is 20.0 Å². The average molecular weight is 269 g/mol. The van der Waals surface area contributed by atoms with E-state index in [-0.39, 0.29) is 18.8 Å². The van der Waals surface area contributed by atoms with Crippen LogP contribution >= 0.6 is 0 Å². The highest BCUT2D eigenvalue weighted by Gasteiger charge is 2.20. The highest BCUT2D eigenvalue weighted by molar-refractivity contribution is 7.90. The van der Waals surface area contributed by atoms with Gasteiger partial charge in [0.25, 0.3) is 0 Å². The molecular formula is C7H15N3O4S2. The lowest BCUT2D eigenvalue weighted by Gasteiger charge is -2.08. The summed E-state index contributed by atoms with van der Waals surface area (Å²) in [6.45, 7) is 2.86. The molecule has 0 spiro atoms. The third kappa shape index (κ3) is 5.41. The third-order valence-corrected chi connectivity index (χ3v) is 4.80. The molecule has 7 nitrogen and oxygen atoms in total. The van der Waals surface area contributed by atoms with Gasteiger partial charge in [0, 0.05) is 13.1 Å². The quantitative estimate of drug-likeness (QED) is 0.599. The molecule has 0 aromatic heterocycles. The van der Waals surface area contributed by atoms with E-state index in [1.807, 2.05) is 0 Å². The minimum atomic E-state index is -3.75. The summed E-state index contributed by atoms with van der Waals surface area (Å²) in [4.78, 5) is 0. The van der Waals surface area contributed by atoms with E-state index in [9.17, 15) is 16.8 Å². The number of nitriles is 1. The van der Waals surface area contributed by atoms with E-state index in [1.165, 1.54) is 6.92 Å². The first-order valence-corrected chi connectivity index (χ1v) is 7.80. The van der Waals surface area contributed by atoms with E-state index >= 15 is 0 Å². The smallest absolute Gasteiger partial charge is 0.215 e. The summed E-state index contributed by atoms with van der Waals surface area (Å²) in [5.41, 5.74) is 0. The Morgan fingerprint density at radius 2 is 1.81 bits per heavy atom. The molecule has 0 bridgehead atoms. The van der Waals surface area contributed by atoms with Gasteiger partial charge in [-0.05, 0) is 6.92 Å². The number of sulfonamides is 2. The van der Waals surface area contributed by atoms with Crippen molar-refractivity contribution in [1.82, 2.24) is 9.44 Å². The lowest BCUT2D eigenvalue weighted by atomic mass is 10.5. The molecule has 0 radical (unpaired) electrons. The number of hydrogen-bond donors (Lipinski definition) is 2. The average Bonchev–Trinajstić information content (AvgIpc) is 2.15. The predicted molar refractivity (Wildman–Crippen MR) is 59.5 cm³/mol. The molecule has 2 N–H and O–H groups in total. The van der Waals surface area contributed by atoms with E-state index in [2.05, 4.69) is 9.44 Å². The Kier molecular flexibility index (Phi) is 5.88. The predicted octanol–water partition coefficient (Wildman–Crippen LogP) is -1.24. The zero-order chi connectivity index (χ0) is 12.8. The molecule has 0 saturated carbocycles. The van der Waals surface area contributed by atoms with Crippen LogP contribution < -0.4 is 9.44 Å². The van der Waals surface area contributed by atoms with Crippen molar-refractivity contribution in [3.05, 3.63) is 0 Å². The molecule has 0 fully saturated rings. The lowest BCUT2D eigenvalue weighted by Crippen LogP contribution is -2.37. The van der Waals surface area contributed by atoms with Crippen LogP contribution in [0.15, 0.2) is 0 Å². The molecule has 0 aromatic carbocycles. The van der Waals surface area contributed by atoms with Gasteiger partial charge >= 0.3 is 0 Å². The standard InChI is InChI=1S/C7H15N3O4S2/c1-3-9-15(11,12)5-4-10-16(13,14)7(2)6-8/h7,9-10H,3-5H2,1-2H3. The second kappa shape index (κ2) is 6.15. The highest BCUT2D eigenvalue weighted by Crippen LogP contribution is 1.95. The Balaban J connectivity index is 4.26. The van der Waals surface area contributed by atoms with Gasteiger partial charge in [-0.2, -0.15) is 5.26 Å². The first-order valence-electron chi connectivity index (χ1n) is 4.60. The third-order valence-electron chi connectivity index (χ3n) is 1.69. The fourth-order valence-electron chi connectivity index (χ4n) is 0.805. The van der Waals surface area contributed by atoms with Gasteiger partial charge in [0.2, 0.25) is 20.0 Å². The molecule has 16 heavy (non-hydrogen) atoms. The normalized spacial score (nSPS) is 14.3. The maximum absolute atomic E-state index is 11.3. The Hall–Kier alpha value is -0.690. The molecule has 0 amide bonds. The SMILES string of the molecule is CCNS(=O)(=O)CCNS(=O)(=O)C(C)C#N. The number of rotatable bonds is 7. The van der Waals surface area contributed by atoms with Crippen LogP contribution in [0.1, 0.15) is 13.8 Å². The Morgan fingerprint density at radius 1 is 1.25 bits per heavy atom. The molecular weight excluding hydrogens is 254 g/mol. The summed E-state index contributed by atoms with van der Waals surface area (Å²) in [6, 6.07) is 1.56. The Morgan fingerprint density at radius 3 is 2.25 bits per heavy atom. The number of nitrogens with zero attached hydrogens (tertiary/aromatic N) is 1. The molecule has 0 rings (SSSR count). The van der Waals surface area contributed by atoms with Crippen LogP contribution in [0.4, 0.5) is 0 Å². The first-order chi connectivity index (χ1) is 7.25. The van der Waals surface area contributed by atoms with E-state index in [0.29, 0.717) is 0 Å². The number of nitrogens with one attached hydrogen (secondary N) is 2. The van der Waals surface area contributed by atoms with Crippen molar-refractivity contribution in [1.29, 1.82) is 5.26 Å². The summed E-state index contributed by atoms with van der Waals surface area (Å²) in [6.07, 6.45) is 0. The summed E-state index contributed by atoms with van der Waals surface area (Å²) in [5.74, 6) is -0.349. The molecule has 0 heterocycles. The molecule has 94 valence electrons. The molecule has 0 aliphatic heterocycles. The maximum atomic E-state index is 11.3. The van der Waals surface area contributed by atoms with Crippen LogP contribution in [0.2, 0.25) is 0 Å².